The van der Waals surface area contributed by atoms with Crippen molar-refractivity contribution < 1.29 is 33.4 Å². The molecule has 1 aliphatic rings. The molecule has 50 heavy (non-hydrogen) atoms. The molecule has 0 unspecified atom stereocenters. The molecular formula is C47H48HfO2. The van der Waals surface area contributed by atoms with E-state index in [9.17, 15) is 0 Å². The molecule has 0 fully saturated rings. The Balaban J connectivity index is 0.000000150. The number of allylic oxidation sites excluding steroid dienone is 4. The zero-order valence-electron chi connectivity index (χ0n) is 30.7. The number of fused-ring (bicyclic) bond motifs is 3. The van der Waals surface area contributed by atoms with Gasteiger partial charge in [-0.25, -0.2) is 0 Å². The predicted molar refractivity (Wildman–Crippen MR) is 210 cm³/mol. The van der Waals surface area contributed by atoms with Crippen molar-refractivity contribution in [3.05, 3.63) is 167 Å². The average Bonchev–Trinajstić information content (AvgIpc) is 3.79. The van der Waals surface area contributed by atoms with E-state index in [2.05, 4.69) is 163 Å². The molecular weight excluding hydrogens is 775 g/mol. The van der Waals surface area contributed by atoms with Gasteiger partial charge in [-0.3, -0.25) is 0 Å². The van der Waals surface area contributed by atoms with E-state index in [0.29, 0.717) is 0 Å². The van der Waals surface area contributed by atoms with Crippen LogP contribution in [0.3, 0.4) is 0 Å². The number of para-hydroxylation sites is 1. The first-order valence-corrected chi connectivity index (χ1v) is 19.0. The summed E-state index contributed by atoms with van der Waals surface area (Å²) >= 11 is 1.08. The Morgan fingerprint density at radius 1 is 0.640 bits per heavy atom. The minimum absolute atomic E-state index is 0.203. The van der Waals surface area contributed by atoms with Gasteiger partial charge in [-0.1, -0.05) is 95.0 Å². The fourth-order valence-corrected chi connectivity index (χ4v) is 7.22. The van der Waals surface area contributed by atoms with Crippen LogP contribution < -0.4 is 9.47 Å². The summed E-state index contributed by atoms with van der Waals surface area (Å²) in [5.41, 5.74) is 8.03. The third-order valence-electron chi connectivity index (χ3n) is 8.95. The summed E-state index contributed by atoms with van der Waals surface area (Å²) in [5, 5.41) is 5.48. The fourth-order valence-electron chi connectivity index (χ4n) is 6.02. The molecule has 0 amide bonds. The summed E-state index contributed by atoms with van der Waals surface area (Å²) in [7, 11) is 3.30. The van der Waals surface area contributed by atoms with Gasteiger partial charge < -0.3 is 9.47 Å². The molecule has 252 valence electrons. The Bertz CT molecular complexity index is 2010. The first kappa shape index (κ1) is 37.1. The molecule has 0 saturated heterocycles. The third kappa shape index (κ3) is 8.92. The van der Waals surface area contributed by atoms with Crippen LogP contribution in [0, 0.1) is 6.08 Å². The Hall–Kier alpha value is -4.21. The van der Waals surface area contributed by atoms with Crippen molar-refractivity contribution in [2.75, 3.05) is 14.2 Å². The molecule has 0 saturated carbocycles. The van der Waals surface area contributed by atoms with E-state index >= 15 is 0 Å². The molecule has 3 heteroatoms. The molecule has 0 heterocycles. The van der Waals surface area contributed by atoms with Gasteiger partial charge in [0, 0.05) is 0 Å². The van der Waals surface area contributed by atoms with E-state index in [-0.39, 0.29) is 10.8 Å². The summed E-state index contributed by atoms with van der Waals surface area (Å²) < 4.78 is 12.1. The van der Waals surface area contributed by atoms with Crippen LogP contribution in [0.2, 0.25) is 0 Å². The second-order valence-corrected chi connectivity index (χ2v) is 16.4. The number of methoxy groups -OCH3 is 2. The van der Waals surface area contributed by atoms with Crippen LogP contribution in [0.15, 0.2) is 133 Å². The topological polar surface area (TPSA) is 18.5 Å². The van der Waals surface area contributed by atoms with Gasteiger partial charge in [0.1, 0.15) is 11.5 Å². The molecule has 2 nitrogen and oxygen atoms in total. The molecule has 0 aromatic heterocycles. The standard InChI is InChI=1S/C21H25.C13H13O2.C13H10.Hf/c1-20(2,3)16-7-9-18-14(12-16)11-15-13-17(21(4,5)6)8-10-19(15)18;1-14-12-9-5-8-11(13(12)15-2)10-6-3-4-7-10;1-3-7-12(8-4-1)11-13-9-5-2-6-10-13;/h7-13H,1-6H3;3,5-6,8-9H,4H2,1-2H3;1-10H;/q2*-1;;+2. The fraction of sp³-hybridized carbons (Fsp3) is 0.234. The molecule has 1 aliphatic carbocycles. The summed E-state index contributed by atoms with van der Waals surface area (Å²) in [5.74, 6) is 1.53. The molecule has 6 aromatic carbocycles. The van der Waals surface area contributed by atoms with Crippen LogP contribution in [0.1, 0.15) is 75.8 Å². The maximum atomic E-state index is 5.36. The van der Waals surface area contributed by atoms with Crippen LogP contribution in [0.25, 0.3) is 27.1 Å². The Kier molecular flexibility index (Phi) is 12.0. The van der Waals surface area contributed by atoms with Crippen LogP contribution in [0.5, 0.6) is 11.5 Å². The van der Waals surface area contributed by atoms with Crippen molar-refractivity contribution in [3.63, 3.8) is 0 Å². The van der Waals surface area contributed by atoms with Gasteiger partial charge in [0.05, 0.1) is 14.2 Å². The first-order chi connectivity index (χ1) is 23.9. The van der Waals surface area contributed by atoms with E-state index in [1.165, 1.54) is 47.1 Å². The zero-order chi connectivity index (χ0) is 35.9. The van der Waals surface area contributed by atoms with E-state index in [0.717, 1.165) is 52.9 Å². The molecule has 0 aliphatic heterocycles. The minimum atomic E-state index is 0.203. The SMILES string of the molecule is CC(C)(C)c1ccc2c(c1)[cH-]c1cc(C(C)(C)C)ccc12.COc1cccc(C2=[C-]CC=C2)c1OC.[Hf+2]=[C](c1ccccc1)c1ccccc1. The third-order valence-corrected chi connectivity index (χ3v) is 11.0. The maximum absolute atomic E-state index is 5.36. The van der Waals surface area contributed by atoms with E-state index in [4.69, 9.17) is 9.47 Å². The Morgan fingerprint density at radius 3 is 1.58 bits per heavy atom. The van der Waals surface area contributed by atoms with E-state index in [1.807, 2.05) is 18.2 Å². The van der Waals surface area contributed by atoms with Gasteiger partial charge in [-0.15, -0.1) is 51.9 Å². The van der Waals surface area contributed by atoms with Crippen molar-refractivity contribution in [2.24, 2.45) is 0 Å². The number of hydrogen-bond donors (Lipinski definition) is 0. The Morgan fingerprint density at radius 2 is 1.16 bits per heavy atom. The molecule has 0 bridgehead atoms. The predicted octanol–water partition coefficient (Wildman–Crippen LogP) is 12.0. The van der Waals surface area contributed by atoms with Crippen molar-refractivity contribution in [2.45, 2.75) is 58.8 Å². The number of ether oxygens (including phenoxy) is 2. The monoisotopic (exact) mass is 824 g/mol. The summed E-state index contributed by atoms with van der Waals surface area (Å²) in [6.07, 6.45) is 8.27. The average molecular weight is 823 g/mol. The van der Waals surface area contributed by atoms with Crippen LogP contribution in [-0.4, -0.2) is 17.5 Å². The van der Waals surface area contributed by atoms with E-state index in [1.54, 1.807) is 14.2 Å². The molecule has 0 radical (unpaired) electrons. The molecule has 0 N–H and O–H groups in total. The van der Waals surface area contributed by atoms with Gasteiger partial charge in [0.15, 0.2) is 0 Å². The first-order valence-electron chi connectivity index (χ1n) is 17.2. The Labute approximate surface area is 313 Å². The van der Waals surface area contributed by atoms with Crippen molar-refractivity contribution >= 4 is 30.4 Å². The molecule has 7 rings (SSSR count). The normalized spacial score (nSPS) is 12.5. The zero-order valence-corrected chi connectivity index (χ0v) is 34.3. The van der Waals surface area contributed by atoms with E-state index < -0.39 is 0 Å². The van der Waals surface area contributed by atoms with Gasteiger partial charge in [-0.05, 0) is 16.9 Å². The van der Waals surface area contributed by atoms with Gasteiger partial charge in [-0.2, -0.15) is 17.7 Å². The molecule has 6 aromatic rings. The number of benzene rings is 5. The molecule has 0 atom stereocenters. The van der Waals surface area contributed by atoms with Crippen molar-refractivity contribution in [3.8, 4) is 11.5 Å². The van der Waals surface area contributed by atoms with Gasteiger partial charge in [0.25, 0.3) is 0 Å². The van der Waals surface area contributed by atoms with Gasteiger partial charge in [0.2, 0.25) is 0 Å². The second kappa shape index (κ2) is 16.2. The van der Waals surface area contributed by atoms with Crippen LogP contribution in [0.4, 0.5) is 0 Å². The van der Waals surface area contributed by atoms with Crippen molar-refractivity contribution in [1.82, 2.24) is 0 Å². The number of rotatable bonds is 5. The van der Waals surface area contributed by atoms with Crippen molar-refractivity contribution in [1.29, 1.82) is 0 Å². The summed E-state index contributed by atoms with van der Waals surface area (Å²) in [6, 6.07) is 43.2. The summed E-state index contributed by atoms with van der Waals surface area (Å²) in [4.78, 5) is 0. The van der Waals surface area contributed by atoms with Gasteiger partial charge >= 0.3 is 98.9 Å². The molecule has 0 spiro atoms. The number of hydrogen-bond acceptors (Lipinski definition) is 2. The quantitative estimate of drug-likeness (QED) is 0.127. The van der Waals surface area contributed by atoms with Crippen LogP contribution in [-0.2, 0) is 34.7 Å². The second-order valence-electron chi connectivity index (χ2n) is 14.6. The van der Waals surface area contributed by atoms with Crippen LogP contribution >= 0.6 is 0 Å². The summed E-state index contributed by atoms with van der Waals surface area (Å²) in [6.45, 7) is 13.6.